The molecular formula is C20H27ClN4O3. The van der Waals surface area contributed by atoms with Crippen LogP contribution < -0.4 is 20.9 Å². The maximum atomic E-state index is 12.2. The van der Waals surface area contributed by atoms with Crippen LogP contribution in [0.4, 0.5) is 5.69 Å². The molecule has 2 N–H and O–H groups in total. The lowest BCUT2D eigenvalue weighted by Crippen LogP contribution is -2.25. The molecule has 0 atom stereocenters. The van der Waals surface area contributed by atoms with E-state index in [9.17, 15) is 9.59 Å². The number of benzene rings is 1. The van der Waals surface area contributed by atoms with Gasteiger partial charge in [-0.3, -0.25) is 9.59 Å². The SMILES string of the molecule is CNC(=O)CCCCOc1cccc(CNc2cnn(C(C)C)c(=O)c2Cl)c1. The van der Waals surface area contributed by atoms with Crippen LogP contribution in [0.2, 0.25) is 5.02 Å². The van der Waals surface area contributed by atoms with Gasteiger partial charge in [-0.25, -0.2) is 4.68 Å². The van der Waals surface area contributed by atoms with Crippen molar-refractivity contribution in [2.45, 2.75) is 45.7 Å². The summed E-state index contributed by atoms with van der Waals surface area (Å²) in [6.07, 6.45) is 3.67. The van der Waals surface area contributed by atoms with E-state index in [1.165, 1.54) is 4.68 Å². The van der Waals surface area contributed by atoms with Crippen molar-refractivity contribution in [3.05, 3.63) is 51.4 Å². The molecule has 0 aliphatic heterocycles. The standard InChI is InChI=1S/C20H27ClN4O3/c1-14(2)25-20(27)19(21)17(13-24-25)23-12-15-7-6-8-16(11-15)28-10-5-4-9-18(26)22-3/h6-8,11,13-14,23H,4-5,9-10,12H2,1-3H3,(H,22,26). The number of carbonyl (C=O) groups is 1. The number of halogens is 1. The molecule has 152 valence electrons. The number of aromatic nitrogens is 2. The first kappa shape index (κ1) is 21.8. The Morgan fingerprint density at radius 3 is 2.82 bits per heavy atom. The molecule has 8 heteroatoms. The summed E-state index contributed by atoms with van der Waals surface area (Å²) >= 11 is 6.18. The number of hydrogen-bond donors (Lipinski definition) is 2. The fourth-order valence-corrected chi connectivity index (χ4v) is 2.78. The molecule has 1 heterocycles. The van der Waals surface area contributed by atoms with Gasteiger partial charge in [-0.1, -0.05) is 23.7 Å². The molecule has 0 radical (unpaired) electrons. The smallest absolute Gasteiger partial charge is 0.287 e. The van der Waals surface area contributed by atoms with Crippen molar-refractivity contribution >= 4 is 23.2 Å². The van der Waals surface area contributed by atoms with Crippen molar-refractivity contribution in [1.29, 1.82) is 0 Å². The molecule has 0 unspecified atom stereocenters. The predicted octanol–water partition coefficient (Wildman–Crippen LogP) is 3.38. The average molecular weight is 407 g/mol. The lowest BCUT2D eigenvalue weighted by molar-refractivity contribution is -0.120. The highest BCUT2D eigenvalue weighted by atomic mass is 35.5. The number of carbonyl (C=O) groups excluding carboxylic acids is 1. The molecule has 0 spiro atoms. The number of amides is 1. The monoisotopic (exact) mass is 406 g/mol. The van der Waals surface area contributed by atoms with Gasteiger partial charge >= 0.3 is 0 Å². The minimum Gasteiger partial charge on any atom is -0.494 e. The molecule has 0 fully saturated rings. The third kappa shape index (κ3) is 6.27. The zero-order valence-corrected chi connectivity index (χ0v) is 17.3. The van der Waals surface area contributed by atoms with Gasteiger partial charge in [0.2, 0.25) is 5.91 Å². The molecule has 2 aromatic rings. The van der Waals surface area contributed by atoms with Crippen LogP contribution >= 0.6 is 11.6 Å². The summed E-state index contributed by atoms with van der Waals surface area (Å²) in [5, 5.41) is 10.0. The number of anilines is 1. The number of rotatable bonds is 10. The third-order valence-electron chi connectivity index (χ3n) is 4.16. The Bertz CT molecular complexity index is 852. The third-order valence-corrected chi connectivity index (χ3v) is 4.53. The topological polar surface area (TPSA) is 85.2 Å². The van der Waals surface area contributed by atoms with Crippen LogP contribution in [-0.4, -0.2) is 29.3 Å². The largest absolute Gasteiger partial charge is 0.494 e. The van der Waals surface area contributed by atoms with Gasteiger partial charge in [-0.15, -0.1) is 0 Å². The van der Waals surface area contributed by atoms with E-state index in [0.29, 0.717) is 25.3 Å². The molecule has 1 amide bonds. The van der Waals surface area contributed by atoms with Crippen molar-refractivity contribution in [3.63, 3.8) is 0 Å². The van der Waals surface area contributed by atoms with Crippen LogP contribution in [0.3, 0.4) is 0 Å². The first-order valence-corrected chi connectivity index (χ1v) is 9.73. The number of unbranched alkanes of at least 4 members (excludes halogenated alkanes) is 1. The zero-order chi connectivity index (χ0) is 20.5. The maximum absolute atomic E-state index is 12.2. The summed E-state index contributed by atoms with van der Waals surface area (Å²) in [6, 6.07) is 7.64. The first-order valence-electron chi connectivity index (χ1n) is 9.36. The summed E-state index contributed by atoms with van der Waals surface area (Å²) in [5.41, 5.74) is 1.19. The minimum absolute atomic E-state index is 0.0438. The second-order valence-electron chi connectivity index (χ2n) is 6.70. The molecule has 0 bridgehead atoms. The first-order chi connectivity index (χ1) is 13.4. The Morgan fingerprint density at radius 2 is 2.11 bits per heavy atom. The van der Waals surface area contributed by atoms with Crippen LogP contribution in [0.1, 0.15) is 44.7 Å². The number of nitrogens with zero attached hydrogens (tertiary/aromatic N) is 2. The molecule has 2 rings (SSSR count). The fourth-order valence-electron chi connectivity index (χ4n) is 2.58. The summed E-state index contributed by atoms with van der Waals surface area (Å²) in [7, 11) is 1.64. The van der Waals surface area contributed by atoms with Crippen molar-refractivity contribution < 1.29 is 9.53 Å². The minimum atomic E-state index is -0.310. The Kier molecular flexibility index (Phi) is 8.32. The quantitative estimate of drug-likeness (QED) is 0.591. The van der Waals surface area contributed by atoms with E-state index < -0.39 is 0 Å². The highest BCUT2D eigenvalue weighted by Gasteiger charge is 2.11. The molecular weight excluding hydrogens is 380 g/mol. The van der Waals surface area contributed by atoms with Gasteiger partial charge in [0, 0.05) is 20.0 Å². The number of nitrogens with one attached hydrogen (secondary N) is 2. The van der Waals surface area contributed by atoms with E-state index in [2.05, 4.69) is 15.7 Å². The summed E-state index contributed by atoms with van der Waals surface area (Å²) in [4.78, 5) is 23.4. The fraction of sp³-hybridized carbons (Fsp3) is 0.450. The molecule has 1 aromatic carbocycles. The van der Waals surface area contributed by atoms with Crippen LogP contribution in [0, 0.1) is 0 Å². The molecule has 0 aliphatic carbocycles. The van der Waals surface area contributed by atoms with Gasteiger partial charge in [0.15, 0.2) is 0 Å². The summed E-state index contributed by atoms with van der Waals surface area (Å²) in [5.74, 6) is 0.806. The molecule has 28 heavy (non-hydrogen) atoms. The molecule has 0 aliphatic rings. The molecule has 7 nitrogen and oxygen atoms in total. The normalized spacial score (nSPS) is 10.8. The van der Waals surface area contributed by atoms with Crippen LogP contribution in [-0.2, 0) is 11.3 Å². The van der Waals surface area contributed by atoms with E-state index in [1.54, 1.807) is 13.2 Å². The lowest BCUT2D eigenvalue weighted by Gasteiger charge is -2.13. The van der Waals surface area contributed by atoms with Gasteiger partial charge in [0.05, 0.1) is 24.5 Å². The number of ether oxygens (including phenoxy) is 1. The molecule has 0 saturated carbocycles. The Labute approximate surface area is 170 Å². The highest BCUT2D eigenvalue weighted by Crippen LogP contribution is 2.19. The Hall–Kier alpha value is -2.54. The van der Waals surface area contributed by atoms with Gasteiger partial charge < -0.3 is 15.4 Å². The number of hydrogen-bond acceptors (Lipinski definition) is 5. The maximum Gasteiger partial charge on any atom is 0.287 e. The predicted molar refractivity (Wildman–Crippen MR) is 111 cm³/mol. The summed E-state index contributed by atoms with van der Waals surface area (Å²) in [6.45, 7) is 4.79. The Morgan fingerprint density at radius 1 is 1.32 bits per heavy atom. The van der Waals surface area contributed by atoms with Gasteiger partial charge in [-0.2, -0.15) is 5.10 Å². The molecule has 1 aromatic heterocycles. The van der Waals surface area contributed by atoms with Crippen LogP contribution in [0.25, 0.3) is 0 Å². The second kappa shape index (κ2) is 10.7. The van der Waals surface area contributed by atoms with Gasteiger partial charge in [-0.05, 0) is 44.4 Å². The Balaban J connectivity index is 1.89. The lowest BCUT2D eigenvalue weighted by atomic mass is 10.2. The van der Waals surface area contributed by atoms with E-state index in [4.69, 9.17) is 16.3 Å². The zero-order valence-electron chi connectivity index (χ0n) is 16.5. The second-order valence-corrected chi connectivity index (χ2v) is 7.07. The van der Waals surface area contributed by atoms with Crippen LogP contribution in [0.5, 0.6) is 5.75 Å². The molecule has 0 saturated heterocycles. The van der Waals surface area contributed by atoms with Crippen molar-refractivity contribution in [1.82, 2.24) is 15.1 Å². The van der Waals surface area contributed by atoms with E-state index >= 15 is 0 Å². The average Bonchev–Trinajstić information content (AvgIpc) is 2.68. The van der Waals surface area contributed by atoms with Gasteiger partial charge in [0.25, 0.3) is 5.56 Å². The van der Waals surface area contributed by atoms with Crippen molar-refractivity contribution in [2.24, 2.45) is 0 Å². The summed E-state index contributed by atoms with van der Waals surface area (Å²) < 4.78 is 7.10. The van der Waals surface area contributed by atoms with Crippen molar-refractivity contribution in [3.8, 4) is 5.75 Å². The van der Waals surface area contributed by atoms with Crippen molar-refractivity contribution in [2.75, 3.05) is 19.0 Å². The van der Waals surface area contributed by atoms with E-state index in [1.807, 2.05) is 38.1 Å². The van der Waals surface area contributed by atoms with E-state index in [-0.39, 0.29) is 22.5 Å². The highest BCUT2D eigenvalue weighted by molar-refractivity contribution is 6.32. The van der Waals surface area contributed by atoms with Gasteiger partial charge in [0.1, 0.15) is 10.8 Å². The van der Waals surface area contributed by atoms with Crippen LogP contribution in [0.15, 0.2) is 35.3 Å². The van der Waals surface area contributed by atoms with E-state index in [0.717, 1.165) is 24.2 Å².